The molecule has 4 heterocycles. The highest BCUT2D eigenvalue weighted by Crippen LogP contribution is 2.39. The van der Waals surface area contributed by atoms with Gasteiger partial charge in [0.15, 0.2) is 28.8 Å². The Morgan fingerprint density at radius 2 is 1.57 bits per heavy atom. The number of fused-ring (bicyclic) bond motifs is 2. The number of nitrogens with zero attached hydrogens (tertiary/aromatic N) is 3. The van der Waals surface area contributed by atoms with Gasteiger partial charge >= 0.3 is 0 Å². The van der Waals surface area contributed by atoms with Crippen LogP contribution in [-0.2, 0) is 30.8 Å². The number of carbonyl (C=O) groups is 1. The molecule has 1 saturated heterocycles. The van der Waals surface area contributed by atoms with E-state index in [4.69, 9.17) is 33.2 Å². The van der Waals surface area contributed by atoms with Crippen molar-refractivity contribution in [3.63, 3.8) is 0 Å². The summed E-state index contributed by atoms with van der Waals surface area (Å²) in [6, 6.07) is 17.7. The van der Waals surface area contributed by atoms with E-state index in [9.17, 15) is 18.3 Å². The lowest BCUT2D eigenvalue weighted by Gasteiger charge is -2.37. The molecule has 4 aliphatic heterocycles. The van der Waals surface area contributed by atoms with Crippen molar-refractivity contribution in [2.24, 2.45) is 0 Å². The van der Waals surface area contributed by atoms with Crippen LogP contribution in [0.3, 0.4) is 0 Å². The number of rotatable bonds is 13. The normalized spacial score (nSPS) is 19.9. The highest BCUT2D eigenvalue weighted by Gasteiger charge is 2.34. The van der Waals surface area contributed by atoms with Crippen LogP contribution in [0.2, 0.25) is 0 Å². The average Bonchev–Trinajstić information content (AvgIpc) is 3.84. The Balaban J connectivity index is 1.01. The lowest BCUT2D eigenvalue weighted by atomic mass is 9.92. The standard InChI is InChI=1S/C36H41N3O11S/c1-44-28-4-6-29(7-5-28)51(42,43)39(14-16-40)15-17-45-35-21-27(26-3-9-31-33(19-26)49-24-47-31)20-34(50-35)36(41)38-12-10-37(11-13-38)22-25-2-8-30-32(18-25)48-23-46-30/h2-9,18-20,27,35,40H,10-17,21-24H2,1H3. The number of aliphatic hydroxyl groups excluding tert-OH is 1. The van der Waals surface area contributed by atoms with E-state index in [1.54, 1.807) is 17.0 Å². The summed E-state index contributed by atoms with van der Waals surface area (Å²) in [7, 11) is -2.43. The molecule has 2 atom stereocenters. The highest BCUT2D eigenvalue weighted by atomic mass is 32.2. The van der Waals surface area contributed by atoms with Gasteiger partial charge < -0.3 is 43.2 Å². The number of hydrogen-bond acceptors (Lipinski definition) is 12. The molecule has 0 radical (unpaired) electrons. The molecule has 51 heavy (non-hydrogen) atoms. The van der Waals surface area contributed by atoms with Crippen molar-refractivity contribution in [2.75, 3.05) is 73.2 Å². The first-order chi connectivity index (χ1) is 24.8. The molecule has 15 heteroatoms. The molecule has 14 nitrogen and oxygen atoms in total. The second-order valence-corrected chi connectivity index (χ2v) is 14.4. The number of sulfonamides is 1. The summed E-state index contributed by atoms with van der Waals surface area (Å²) < 4.78 is 67.5. The van der Waals surface area contributed by atoms with Gasteiger partial charge in [-0.25, -0.2) is 8.42 Å². The first kappa shape index (κ1) is 34.9. The number of ether oxygens (including phenoxy) is 7. The molecule has 0 saturated carbocycles. The van der Waals surface area contributed by atoms with E-state index in [-0.39, 0.29) is 62.4 Å². The van der Waals surface area contributed by atoms with Gasteiger partial charge in [-0.3, -0.25) is 9.69 Å². The zero-order valence-electron chi connectivity index (χ0n) is 28.3. The minimum absolute atomic E-state index is 0.0338. The van der Waals surface area contributed by atoms with Crippen LogP contribution < -0.4 is 23.7 Å². The number of benzene rings is 3. The summed E-state index contributed by atoms with van der Waals surface area (Å²) in [5.41, 5.74) is 2.01. The lowest BCUT2D eigenvalue weighted by molar-refractivity contribution is -0.154. The molecular weight excluding hydrogens is 682 g/mol. The number of allylic oxidation sites excluding steroid dienone is 1. The van der Waals surface area contributed by atoms with Gasteiger partial charge in [0.2, 0.25) is 29.9 Å². The van der Waals surface area contributed by atoms with Crippen molar-refractivity contribution in [2.45, 2.75) is 30.1 Å². The fourth-order valence-electron chi connectivity index (χ4n) is 6.50. The maximum absolute atomic E-state index is 13.9. The van der Waals surface area contributed by atoms with Gasteiger partial charge in [-0.15, -0.1) is 0 Å². The third-order valence-corrected chi connectivity index (χ3v) is 11.2. The monoisotopic (exact) mass is 723 g/mol. The molecule has 1 amide bonds. The molecule has 7 rings (SSSR count). The largest absolute Gasteiger partial charge is 0.497 e. The topological polar surface area (TPSA) is 146 Å². The van der Waals surface area contributed by atoms with E-state index < -0.39 is 16.3 Å². The summed E-state index contributed by atoms with van der Waals surface area (Å²) >= 11 is 0. The van der Waals surface area contributed by atoms with Crippen LogP contribution in [0.1, 0.15) is 23.5 Å². The summed E-state index contributed by atoms with van der Waals surface area (Å²) in [6.07, 6.45) is 1.37. The zero-order valence-corrected chi connectivity index (χ0v) is 29.1. The Hall–Kier alpha value is -4.54. The predicted octanol–water partition coefficient (Wildman–Crippen LogP) is 2.91. The second kappa shape index (κ2) is 15.4. The molecule has 1 fully saturated rings. The fraction of sp³-hybridized carbons (Fsp3) is 0.417. The third-order valence-electron chi connectivity index (χ3n) is 9.29. The predicted molar refractivity (Wildman–Crippen MR) is 182 cm³/mol. The average molecular weight is 724 g/mol. The van der Waals surface area contributed by atoms with Crippen LogP contribution in [-0.4, -0.2) is 113 Å². The molecule has 2 unspecified atom stereocenters. The Bertz CT molecular complexity index is 1850. The lowest BCUT2D eigenvalue weighted by Crippen LogP contribution is -2.49. The van der Waals surface area contributed by atoms with Crippen molar-refractivity contribution in [3.05, 3.63) is 83.6 Å². The van der Waals surface area contributed by atoms with E-state index in [0.29, 0.717) is 49.8 Å². The first-order valence-electron chi connectivity index (χ1n) is 16.9. The number of aliphatic hydroxyl groups is 1. The smallest absolute Gasteiger partial charge is 0.288 e. The molecule has 0 aliphatic carbocycles. The van der Waals surface area contributed by atoms with E-state index in [2.05, 4.69) is 4.90 Å². The van der Waals surface area contributed by atoms with E-state index in [1.165, 1.54) is 19.2 Å². The summed E-state index contributed by atoms with van der Waals surface area (Å²) in [4.78, 5) is 18.1. The van der Waals surface area contributed by atoms with Crippen LogP contribution in [0.15, 0.2) is 77.4 Å². The molecule has 272 valence electrons. The van der Waals surface area contributed by atoms with Gasteiger partial charge in [-0.2, -0.15) is 4.31 Å². The SMILES string of the molecule is COc1ccc(S(=O)(=O)N(CCO)CCOC2CC(c3ccc4c(c3)OCO4)C=C(C(=O)N3CCN(Cc4ccc5c(c4)OCO5)CC3)O2)cc1. The quantitative estimate of drug-likeness (QED) is 0.277. The van der Waals surface area contributed by atoms with Crippen molar-refractivity contribution in [1.82, 2.24) is 14.1 Å². The Morgan fingerprint density at radius 3 is 2.27 bits per heavy atom. The number of carbonyl (C=O) groups excluding carboxylic acids is 1. The molecule has 1 N–H and O–H groups in total. The molecule has 3 aromatic rings. The van der Waals surface area contributed by atoms with Crippen LogP contribution in [0.25, 0.3) is 0 Å². The Morgan fingerprint density at radius 1 is 0.882 bits per heavy atom. The number of methoxy groups -OCH3 is 1. The zero-order chi connectivity index (χ0) is 35.4. The minimum atomic E-state index is -3.93. The van der Waals surface area contributed by atoms with E-state index in [1.807, 2.05) is 42.5 Å². The molecule has 0 bridgehead atoms. The maximum Gasteiger partial charge on any atom is 0.288 e. The van der Waals surface area contributed by atoms with Crippen molar-refractivity contribution < 1.29 is 51.5 Å². The molecule has 3 aromatic carbocycles. The number of hydrogen-bond donors (Lipinski definition) is 1. The molecule has 4 aliphatic rings. The van der Waals surface area contributed by atoms with Gasteiger partial charge in [-0.1, -0.05) is 12.1 Å². The van der Waals surface area contributed by atoms with Gasteiger partial charge in [0.1, 0.15) is 5.75 Å². The van der Waals surface area contributed by atoms with Crippen LogP contribution >= 0.6 is 0 Å². The number of amides is 1. The Kier molecular flexibility index (Phi) is 10.5. The summed E-state index contributed by atoms with van der Waals surface area (Å²) in [6.45, 7) is 2.94. The van der Waals surface area contributed by atoms with Gasteiger partial charge in [0.25, 0.3) is 5.91 Å². The van der Waals surface area contributed by atoms with E-state index in [0.717, 1.165) is 33.5 Å². The van der Waals surface area contributed by atoms with Crippen LogP contribution in [0.5, 0.6) is 28.7 Å². The van der Waals surface area contributed by atoms with Crippen molar-refractivity contribution >= 4 is 15.9 Å². The first-order valence-corrected chi connectivity index (χ1v) is 18.3. The maximum atomic E-state index is 13.9. The fourth-order valence-corrected chi connectivity index (χ4v) is 7.91. The van der Waals surface area contributed by atoms with Gasteiger partial charge in [0.05, 0.1) is 25.2 Å². The molecular formula is C36H41N3O11S. The van der Waals surface area contributed by atoms with Gasteiger partial charge in [0, 0.05) is 58.2 Å². The summed E-state index contributed by atoms with van der Waals surface area (Å²) in [5, 5.41) is 9.67. The van der Waals surface area contributed by atoms with Crippen LogP contribution in [0.4, 0.5) is 0 Å². The number of piperazine rings is 1. The van der Waals surface area contributed by atoms with Crippen molar-refractivity contribution in [3.8, 4) is 28.7 Å². The van der Waals surface area contributed by atoms with E-state index >= 15 is 0 Å². The van der Waals surface area contributed by atoms with Crippen molar-refractivity contribution in [1.29, 1.82) is 0 Å². The molecule has 0 spiro atoms. The summed E-state index contributed by atoms with van der Waals surface area (Å²) in [5.74, 6) is 2.99. The second-order valence-electron chi connectivity index (χ2n) is 12.5. The van der Waals surface area contributed by atoms with Gasteiger partial charge in [-0.05, 0) is 65.7 Å². The van der Waals surface area contributed by atoms with Crippen LogP contribution in [0, 0.1) is 0 Å². The highest BCUT2D eigenvalue weighted by molar-refractivity contribution is 7.89. The Labute approximate surface area is 296 Å². The molecule has 0 aromatic heterocycles. The third kappa shape index (κ3) is 7.87. The minimum Gasteiger partial charge on any atom is -0.497 e.